The van der Waals surface area contributed by atoms with Crippen LogP contribution in [0, 0.1) is 0 Å². The Balaban J connectivity index is 1.41. The highest BCUT2D eigenvalue weighted by molar-refractivity contribution is 7.89. The number of hydrogen-bond donors (Lipinski definition) is 4. The van der Waals surface area contributed by atoms with Crippen LogP contribution in [-0.4, -0.2) is 50.6 Å². The zero-order valence-electron chi connectivity index (χ0n) is 22.1. The lowest BCUT2D eigenvalue weighted by atomic mass is 9.93. The van der Waals surface area contributed by atoms with Crippen LogP contribution in [0.3, 0.4) is 0 Å². The molecule has 1 atom stereocenters. The molecule has 6 N–H and O–H groups in total. The summed E-state index contributed by atoms with van der Waals surface area (Å²) in [6.45, 7) is -0.494. The largest absolute Gasteiger partial charge is 0.398 e. The summed E-state index contributed by atoms with van der Waals surface area (Å²) in [7, 11) is -8.08. The van der Waals surface area contributed by atoms with Gasteiger partial charge in [-0.25, -0.2) is 31.7 Å². The summed E-state index contributed by atoms with van der Waals surface area (Å²) in [5, 5.41) is 12.4. The minimum Gasteiger partial charge on any atom is -0.398 e. The zero-order valence-corrected chi connectivity index (χ0v) is 24.5. The van der Waals surface area contributed by atoms with Gasteiger partial charge in [0.05, 0.1) is 27.9 Å². The molecule has 43 heavy (non-hydrogen) atoms. The van der Waals surface area contributed by atoms with E-state index in [-0.39, 0.29) is 27.7 Å². The fourth-order valence-corrected chi connectivity index (χ4v) is 6.19. The van der Waals surface area contributed by atoms with Crippen LogP contribution in [0.4, 0.5) is 11.5 Å². The van der Waals surface area contributed by atoms with E-state index in [1.807, 2.05) is 0 Å². The van der Waals surface area contributed by atoms with E-state index in [4.69, 9.17) is 27.3 Å². The summed E-state index contributed by atoms with van der Waals surface area (Å²) < 4.78 is 52.3. The van der Waals surface area contributed by atoms with Gasteiger partial charge in [-0.15, -0.1) is 0 Å². The van der Waals surface area contributed by atoms with Crippen LogP contribution >= 0.6 is 11.6 Å². The number of pyridine rings is 2. The van der Waals surface area contributed by atoms with Crippen molar-refractivity contribution in [3.63, 3.8) is 0 Å². The summed E-state index contributed by atoms with van der Waals surface area (Å²) in [4.78, 5) is 27.2. The molecule has 13 nitrogen and oxygen atoms in total. The predicted molar refractivity (Wildman–Crippen MR) is 160 cm³/mol. The molecule has 0 unspecified atom stereocenters. The molecule has 0 radical (unpaired) electrons. The Morgan fingerprint density at radius 3 is 2.44 bits per heavy atom. The minimum absolute atomic E-state index is 0.0830. The third-order valence-electron chi connectivity index (χ3n) is 6.53. The topological polar surface area (TPSA) is 209 Å². The third kappa shape index (κ3) is 6.50. The molecule has 3 heterocycles. The van der Waals surface area contributed by atoms with Crippen LogP contribution in [-0.2, 0) is 29.7 Å². The third-order valence-corrected chi connectivity index (χ3v) is 9.23. The lowest BCUT2D eigenvalue weighted by Crippen LogP contribution is -2.52. The molecule has 222 valence electrons. The van der Waals surface area contributed by atoms with Crippen LogP contribution in [0.25, 0.3) is 11.1 Å². The number of nitrogens with one attached hydrogen (secondary N) is 2. The van der Waals surface area contributed by atoms with Crippen LogP contribution in [0.5, 0.6) is 0 Å². The molecule has 1 aliphatic heterocycles. The average molecular weight is 642 g/mol. The van der Waals surface area contributed by atoms with Crippen LogP contribution in [0.15, 0.2) is 100 Å². The van der Waals surface area contributed by atoms with Crippen molar-refractivity contribution in [2.45, 2.75) is 21.8 Å². The second-order valence-electron chi connectivity index (χ2n) is 9.48. The van der Waals surface area contributed by atoms with Gasteiger partial charge < -0.3 is 15.9 Å². The standard InChI is InChI=1S/C27H24ClN7O6S2/c28-21-9-7-17(12-22(21)29)23-13-27(41-35-23,16-33-43(39,40)19-4-3-11-31-15-19)26(36)34-25-10-8-18(14-32-25)20-5-1-2-6-24(20)42(30,37)38/h1-12,14-15,33H,13,16,29H2,(H2,30,37,38)(H,32,34,36)/t27-/m0/s1. The van der Waals surface area contributed by atoms with E-state index in [0.29, 0.717) is 27.4 Å². The molecule has 1 amide bonds. The van der Waals surface area contributed by atoms with Crippen molar-refractivity contribution in [2.75, 3.05) is 17.6 Å². The monoisotopic (exact) mass is 641 g/mol. The first-order chi connectivity index (χ1) is 20.4. The van der Waals surface area contributed by atoms with E-state index in [0.717, 1.165) is 0 Å². The van der Waals surface area contributed by atoms with E-state index in [9.17, 15) is 21.6 Å². The molecule has 1 aliphatic rings. The Morgan fingerprint density at radius 1 is 1.00 bits per heavy atom. The van der Waals surface area contributed by atoms with Gasteiger partial charge in [-0.2, -0.15) is 0 Å². The summed E-state index contributed by atoms with van der Waals surface area (Å²) in [5.41, 5.74) is 6.03. The first kappa shape index (κ1) is 30.1. The van der Waals surface area contributed by atoms with E-state index in [1.165, 1.54) is 42.9 Å². The lowest BCUT2D eigenvalue weighted by molar-refractivity contribution is -0.137. The number of primary sulfonamides is 1. The molecule has 4 aromatic rings. The number of carbonyl (C=O) groups excluding carboxylic acids is 1. The van der Waals surface area contributed by atoms with Gasteiger partial charge in [-0.3, -0.25) is 9.78 Å². The van der Waals surface area contributed by atoms with Crippen LogP contribution in [0.1, 0.15) is 12.0 Å². The highest BCUT2D eigenvalue weighted by Crippen LogP contribution is 2.31. The Labute approximate surface area is 252 Å². The number of hydrogen-bond acceptors (Lipinski definition) is 10. The molecule has 0 saturated heterocycles. The van der Waals surface area contributed by atoms with Gasteiger partial charge in [0.25, 0.3) is 5.91 Å². The maximum atomic E-state index is 13.7. The molecule has 5 rings (SSSR count). The van der Waals surface area contributed by atoms with Gasteiger partial charge in [0.1, 0.15) is 10.7 Å². The molecule has 0 spiro atoms. The Morgan fingerprint density at radius 2 is 1.77 bits per heavy atom. The van der Waals surface area contributed by atoms with E-state index in [2.05, 4.69) is 25.2 Å². The fraction of sp³-hybridized carbons (Fsp3) is 0.111. The van der Waals surface area contributed by atoms with Crippen molar-refractivity contribution in [2.24, 2.45) is 10.3 Å². The smallest absolute Gasteiger partial charge is 0.274 e. The van der Waals surface area contributed by atoms with Crippen LogP contribution < -0.4 is 20.9 Å². The number of anilines is 2. The molecule has 2 aromatic carbocycles. The number of nitrogens with zero attached hydrogens (tertiary/aromatic N) is 3. The molecular weight excluding hydrogens is 618 g/mol. The summed E-state index contributed by atoms with van der Waals surface area (Å²) in [6, 6.07) is 16.8. The van der Waals surface area contributed by atoms with E-state index >= 15 is 0 Å². The lowest BCUT2D eigenvalue weighted by Gasteiger charge is -2.25. The molecule has 16 heteroatoms. The fourth-order valence-electron chi connectivity index (χ4n) is 4.26. The van der Waals surface area contributed by atoms with Gasteiger partial charge in [0.2, 0.25) is 25.6 Å². The number of carbonyl (C=O) groups is 1. The van der Waals surface area contributed by atoms with Crippen molar-refractivity contribution >= 4 is 54.8 Å². The summed E-state index contributed by atoms with van der Waals surface area (Å²) in [5.74, 6) is -0.656. The number of nitrogens with two attached hydrogens (primary N) is 2. The highest BCUT2D eigenvalue weighted by atomic mass is 35.5. The second-order valence-corrected chi connectivity index (χ2v) is 13.2. The maximum Gasteiger partial charge on any atom is 0.274 e. The van der Waals surface area contributed by atoms with Gasteiger partial charge in [-0.1, -0.05) is 41.0 Å². The Hall–Kier alpha value is -4.41. The number of halogens is 1. The van der Waals surface area contributed by atoms with E-state index < -0.39 is 38.1 Å². The van der Waals surface area contributed by atoms with Crippen molar-refractivity contribution in [3.05, 3.63) is 95.9 Å². The number of nitrogen functional groups attached to an aromatic ring is 1. The summed E-state index contributed by atoms with van der Waals surface area (Å²) >= 11 is 6.04. The number of oxime groups is 1. The average Bonchev–Trinajstić information content (AvgIpc) is 3.44. The Bertz CT molecular complexity index is 1940. The van der Waals surface area contributed by atoms with Crippen molar-refractivity contribution in [1.29, 1.82) is 0 Å². The molecule has 0 aliphatic carbocycles. The molecule has 0 bridgehead atoms. The SMILES string of the molecule is Nc1cc(C2=NO[C@@](CNS(=O)(=O)c3cccnc3)(C(=O)Nc3ccc(-c4ccccc4S(N)(=O)=O)cn3)C2)ccc1Cl. The number of rotatable bonds is 9. The van der Waals surface area contributed by atoms with Crippen molar-refractivity contribution in [1.82, 2.24) is 14.7 Å². The maximum absolute atomic E-state index is 13.7. The molecule has 0 fully saturated rings. The van der Waals surface area contributed by atoms with Gasteiger partial charge in [0, 0.05) is 41.7 Å². The normalized spacial score (nSPS) is 16.7. The molecule has 2 aromatic heterocycles. The molecular formula is C27H24ClN7O6S2. The summed E-state index contributed by atoms with van der Waals surface area (Å²) in [6.07, 6.45) is 3.83. The first-order valence-electron chi connectivity index (χ1n) is 12.5. The van der Waals surface area contributed by atoms with Crippen molar-refractivity contribution < 1.29 is 26.5 Å². The van der Waals surface area contributed by atoms with Gasteiger partial charge >= 0.3 is 0 Å². The van der Waals surface area contributed by atoms with Crippen molar-refractivity contribution in [3.8, 4) is 11.1 Å². The quantitative estimate of drug-likeness (QED) is 0.198. The number of benzene rings is 2. The number of amides is 1. The first-order valence-corrected chi connectivity index (χ1v) is 15.9. The van der Waals surface area contributed by atoms with Crippen LogP contribution in [0.2, 0.25) is 5.02 Å². The minimum atomic E-state index is -4.07. The number of sulfonamides is 2. The number of aromatic nitrogens is 2. The van der Waals surface area contributed by atoms with E-state index in [1.54, 1.807) is 42.5 Å². The highest BCUT2D eigenvalue weighted by Gasteiger charge is 2.48. The second kappa shape index (κ2) is 11.7. The zero-order chi connectivity index (χ0) is 30.8. The van der Waals surface area contributed by atoms with Gasteiger partial charge in [-0.05, 0) is 42.5 Å². The Kier molecular flexibility index (Phi) is 8.18. The van der Waals surface area contributed by atoms with Gasteiger partial charge in [0.15, 0.2) is 0 Å². The predicted octanol–water partition coefficient (Wildman–Crippen LogP) is 2.51. The molecule has 0 saturated carbocycles.